The molecule has 0 aromatic heterocycles. The van der Waals surface area contributed by atoms with Crippen molar-refractivity contribution in [2.24, 2.45) is 0 Å². The van der Waals surface area contributed by atoms with E-state index < -0.39 is 17.6 Å². The highest BCUT2D eigenvalue weighted by molar-refractivity contribution is 5.89. The van der Waals surface area contributed by atoms with Gasteiger partial charge in [0.1, 0.15) is 5.75 Å². The summed E-state index contributed by atoms with van der Waals surface area (Å²) in [5, 5.41) is 8.84. The van der Waals surface area contributed by atoms with Gasteiger partial charge in [-0.15, -0.1) is 0 Å². The Morgan fingerprint density at radius 2 is 1.79 bits per heavy atom. The third-order valence-corrected chi connectivity index (χ3v) is 2.68. The van der Waals surface area contributed by atoms with E-state index in [-0.39, 0.29) is 11.1 Å². The van der Waals surface area contributed by atoms with Crippen molar-refractivity contribution in [2.75, 3.05) is 7.11 Å². The summed E-state index contributed by atoms with van der Waals surface area (Å²) >= 11 is 0. The third-order valence-electron chi connectivity index (χ3n) is 2.68. The molecular weight excluding hydrogens is 254 g/mol. The van der Waals surface area contributed by atoms with Crippen LogP contribution in [0.25, 0.3) is 11.1 Å². The summed E-state index contributed by atoms with van der Waals surface area (Å²) < 4.78 is 32.0. The molecule has 0 bridgehead atoms. The van der Waals surface area contributed by atoms with Gasteiger partial charge < -0.3 is 9.84 Å². The average molecular weight is 264 g/mol. The smallest absolute Gasteiger partial charge is 0.335 e. The molecule has 0 saturated carbocycles. The van der Waals surface area contributed by atoms with Crippen LogP contribution in [0.1, 0.15) is 10.4 Å². The predicted octanol–water partition coefficient (Wildman–Crippen LogP) is 3.34. The summed E-state index contributed by atoms with van der Waals surface area (Å²) in [5.74, 6) is -3.01. The van der Waals surface area contributed by atoms with Gasteiger partial charge >= 0.3 is 5.97 Å². The van der Waals surface area contributed by atoms with E-state index >= 15 is 0 Å². The van der Waals surface area contributed by atoms with Crippen molar-refractivity contribution < 1.29 is 23.4 Å². The number of ether oxygens (including phenoxy) is 1. The van der Waals surface area contributed by atoms with Crippen LogP contribution in [0, 0.1) is 11.6 Å². The van der Waals surface area contributed by atoms with Gasteiger partial charge in [-0.3, -0.25) is 0 Å². The van der Waals surface area contributed by atoms with Gasteiger partial charge in [-0.2, -0.15) is 0 Å². The van der Waals surface area contributed by atoms with Gasteiger partial charge in [0.05, 0.1) is 12.7 Å². The molecule has 2 aromatic carbocycles. The molecule has 1 N–H and O–H groups in total. The molecule has 0 unspecified atom stereocenters. The third kappa shape index (κ3) is 2.54. The Hall–Kier alpha value is -2.43. The number of benzene rings is 2. The maximum atomic E-state index is 13.7. The quantitative estimate of drug-likeness (QED) is 0.924. The monoisotopic (exact) mass is 264 g/mol. The summed E-state index contributed by atoms with van der Waals surface area (Å²) in [6.07, 6.45) is 0. The molecule has 0 fully saturated rings. The fourth-order valence-electron chi connectivity index (χ4n) is 1.69. The summed E-state index contributed by atoms with van der Waals surface area (Å²) in [6.45, 7) is 0. The van der Waals surface area contributed by atoms with E-state index in [2.05, 4.69) is 0 Å². The fraction of sp³-hybridized carbons (Fsp3) is 0.0714. The minimum atomic E-state index is -1.31. The Bertz CT molecular complexity index is 621. The lowest BCUT2D eigenvalue weighted by atomic mass is 10.0. The molecule has 98 valence electrons. The lowest BCUT2D eigenvalue weighted by Crippen LogP contribution is -2.00. The number of carbonyl (C=O) groups is 1. The zero-order valence-electron chi connectivity index (χ0n) is 9.98. The van der Waals surface area contributed by atoms with Crippen molar-refractivity contribution in [3.63, 3.8) is 0 Å². The van der Waals surface area contributed by atoms with Crippen LogP contribution < -0.4 is 4.74 Å². The molecule has 0 aliphatic carbocycles. The standard InChI is InChI=1S/C14H10F2O3/c1-19-10-4-2-8(3-5-10)11-6-9(14(17)18)7-12(15)13(11)16/h2-7H,1H3,(H,17,18). The van der Waals surface area contributed by atoms with Crippen LogP contribution in [0.2, 0.25) is 0 Å². The van der Waals surface area contributed by atoms with E-state index in [1.165, 1.54) is 19.2 Å². The number of rotatable bonds is 3. The van der Waals surface area contributed by atoms with Gasteiger partial charge in [-0.25, -0.2) is 13.6 Å². The molecule has 3 nitrogen and oxygen atoms in total. The topological polar surface area (TPSA) is 46.5 Å². The second-order valence-corrected chi connectivity index (χ2v) is 3.85. The molecule has 19 heavy (non-hydrogen) atoms. The van der Waals surface area contributed by atoms with Crippen LogP contribution in [-0.2, 0) is 0 Å². The van der Waals surface area contributed by atoms with Crippen molar-refractivity contribution in [2.45, 2.75) is 0 Å². The maximum absolute atomic E-state index is 13.7. The highest BCUT2D eigenvalue weighted by Crippen LogP contribution is 2.27. The molecule has 0 atom stereocenters. The van der Waals surface area contributed by atoms with E-state index in [0.717, 1.165) is 6.07 Å². The maximum Gasteiger partial charge on any atom is 0.335 e. The van der Waals surface area contributed by atoms with Crippen LogP contribution in [0.3, 0.4) is 0 Å². The summed E-state index contributed by atoms with van der Waals surface area (Å²) in [6, 6.07) is 7.98. The van der Waals surface area contributed by atoms with Gasteiger partial charge in [-0.05, 0) is 29.8 Å². The first-order valence-corrected chi connectivity index (χ1v) is 5.39. The molecule has 2 aromatic rings. The van der Waals surface area contributed by atoms with E-state index in [4.69, 9.17) is 9.84 Å². The molecule has 0 aliphatic rings. The van der Waals surface area contributed by atoms with Crippen LogP contribution >= 0.6 is 0 Å². The number of carboxylic acids is 1. The molecule has 0 radical (unpaired) electrons. The molecule has 0 amide bonds. The Balaban J connectivity index is 2.56. The number of hydrogen-bond acceptors (Lipinski definition) is 2. The van der Waals surface area contributed by atoms with Gasteiger partial charge in [0.15, 0.2) is 11.6 Å². The summed E-state index contributed by atoms with van der Waals surface area (Å²) in [4.78, 5) is 10.8. The second-order valence-electron chi connectivity index (χ2n) is 3.85. The van der Waals surface area contributed by atoms with E-state index in [0.29, 0.717) is 17.4 Å². The van der Waals surface area contributed by atoms with Crippen LogP contribution in [0.5, 0.6) is 5.75 Å². The first-order valence-electron chi connectivity index (χ1n) is 5.39. The molecule has 0 saturated heterocycles. The van der Waals surface area contributed by atoms with Gasteiger partial charge in [0.25, 0.3) is 0 Å². The highest BCUT2D eigenvalue weighted by atomic mass is 19.2. The number of carboxylic acid groups (broad SMARTS) is 1. The highest BCUT2D eigenvalue weighted by Gasteiger charge is 2.15. The zero-order valence-corrected chi connectivity index (χ0v) is 9.98. The Labute approximate surface area is 108 Å². The van der Waals surface area contributed by atoms with Crippen molar-refractivity contribution in [1.29, 1.82) is 0 Å². The molecule has 0 heterocycles. The minimum absolute atomic E-state index is 0.0972. The van der Waals surface area contributed by atoms with E-state index in [1.54, 1.807) is 12.1 Å². The van der Waals surface area contributed by atoms with Gasteiger partial charge in [0.2, 0.25) is 0 Å². The number of hydrogen-bond donors (Lipinski definition) is 1. The van der Waals surface area contributed by atoms with Crippen molar-refractivity contribution in [3.8, 4) is 16.9 Å². The lowest BCUT2D eigenvalue weighted by molar-refractivity contribution is 0.0696. The minimum Gasteiger partial charge on any atom is -0.497 e. The molecular formula is C14H10F2O3. The average Bonchev–Trinajstić information content (AvgIpc) is 2.41. The predicted molar refractivity (Wildman–Crippen MR) is 65.3 cm³/mol. The molecule has 0 aliphatic heterocycles. The first-order chi connectivity index (χ1) is 9.02. The fourth-order valence-corrected chi connectivity index (χ4v) is 1.69. The lowest BCUT2D eigenvalue weighted by Gasteiger charge is -2.07. The molecule has 0 spiro atoms. The van der Waals surface area contributed by atoms with Crippen molar-refractivity contribution >= 4 is 5.97 Å². The summed E-state index contributed by atoms with van der Waals surface area (Å²) in [7, 11) is 1.49. The molecule has 2 rings (SSSR count). The van der Waals surface area contributed by atoms with Crippen molar-refractivity contribution in [3.05, 3.63) is 53.6 Å². The number of aromatic carboxylic acids is 1. The van der Waals surface area contributed by atoms with Crippen LogP contribution in [0.4, 0.5) is 8.78 Å². The SMILES string of the molecule is COc1ccc(-c2cc(C(=O)O)cc(F)c2F)cc1. The Morgan fingerprint density at radius 3 is 2.32 bits per heavy atom. The number of methoxy groups -OCH3 is 1. The van der Waals surface area contributed by atoms with Crippen LogP contribution in [0.15, 0.2) is 36.4 Å². The Kier molecular flexibility index (Phi) is 3.46. The first kappa shape index (κ1) is 13.0. The van der Waals surface area contributed by atoms with Crippen molar-refractivity contribution in [1.82, 2.24) is 0 Å². The molecule has 5 heteroatoms. The van der Waals surface area contributed by atoms with Gasteiger partial charge in [0, 0.05) is 5.56 Å². The normalized spacial score (nSPS) is 10.3. The number of halogens is 2. The zero-order chi connectivity index (χ0) is 14.0. The van der Waals surface area contributed by atoms with Gasteiger partial charge in [-0.1, -0.05) is 12.1 Å². The van der Waals surface area contributed by atoms with E-state index in [1.807, 2.05) is 0 Å². The van der Waals surface area contributed by atoms with E-state index in [9.17, 15) is 13.6 Å². The van der Waals surface area contributed by atoms with Crippen LogP contribution in [-0.4, -0.2) is 18.2 Å². The second kappa shape index (κ2) is 5.06. The largest absolute Gasteiger partial charge is 0.497 e. The summed E-state index contributed by atoms with van der Waals surface area (Å²) in [5.41, 5.74) is -0.0231. The Morgan fingerprint density at radius 1 is 1.16 bits per heavy atom.